The van der Waals surface area contributed by atoms with Gasteiger partial charge in [-0.3, -0.25) is 0 Å². The molecule has 2 aromatic heterocycles. The number of aromatic amines is 2. The second-order valence-electron chi connectivity index (χ2n) is 4.61. The SMILES string of the molecule is C(=C/c1nc2ccccc2[nH]1)/c1nc2ccccc2[nH]1. The highest BCUT2D eigenvalue weighted by Gasteiger charge is 2.00. The van der Waals surface area contributed by atoms with Gasteiger partial charge in [0.15, 0.2) is 0 Å². The van der Waals surface area contributed by atoms with Gasteiger partial charge in [0.1, 0.15) is 11.6 Å². The first kappa shape index (κ1) is 11.0. The van der Waals surface area contributed by atoms with E-state index in [1.165, 1.54) is 0 Å². The molecule has 0 aliphatic rings. The number of aromatic nitrogens is 4. The number of hydrogen-bond acceptors (Lipinski definition) is 2. The minimum absolute atomic E-state index is 0.826. The van der Waals surface area contributed by atoms with Crippen molar-refractivity contribution in [1.29, 1.82) is 0 Å². The predicted octanol–water partition coefficient (Wildman–Crippen LogP) is 3.61. The summed E-state index contributed by atoms with van der Waals surface area (Å²) in [6, 6.07) is 16.0. The number of hydrogen-bond donors (Lipinski definition) is 2. The van der Waals surface area contributed by atoms with Crippen molar-refractivity contribution < 1.29 is 0 Å². The molecule has 0 saturated carbocycles. The Morgan fingerprint density at radius 3 is 1.55 bits per heavy atom. The van der Waals surface area contributed by atoms with Gasteiger partial charge >= 0.3 is 0 Å². The number of H-pyrrole nitrogens is 2. The van der Waals surface area contributed by atoms with Crippen LogP contribution in [-0.2, 0) is 0 Å². The number of nitrogens with zero attached hydrogens (tertiary/aromatic N) is 2. The fraction of sp³-hybridized carbons (Fsp3) is 0. The largest absolute Gasteiger partial charge is 0.338 e. The molecule has 4 rings (SSSR count). The molecule has 0 spiro atoms. The van der Waals surface area contributed by atoms with Crippen molar-refractivity contribution in [3.8, 4) is 0 Å². The first-order valence-corrected chi connectivity index (χ1v) is 6.46. The van der Waals surface area contributed by atoms with E-state index < -0.39 is 0 Å². The first-order valence-electron chi connectivity index (χ1n) is 6.46. The lowest BCUT2D eigenvalue weighted by molar-refractivity contribution is 1.27. The first-order chi connectivity index (χ1) is 9.88. The van der Waals surface area contributed by atoms with Crippen molar-refractivity contribution in [2.45, 2.75) is 0 Å². The van der Waals surface area contributed by atoms with Crippen LogP contribution in [0.15, 0.2) is 48.5 Å². The molecule has 20 heavy (non-hydrogen) atoms. The number of imidazole rings is 2. The molecule has 2 aromatic carbocycles. The topological polar surface area (TPSA) is 57.4 Å². The van der Waals surface area contributed by atoms with Gasteiger partial charge in [-0.15, -0.1) is 0 Å². The van der Waals surface area contributed by atoms with Crippen LogP contribution in [0.5, 0.6) is 0 Å². The van der Waals surface area contributed by atoms with Crippen LogP contribution in [-0.4, -0.2) is 19.9 Å². The minimum atomic E-state index is 0.826. The van der Waals surface area contributed by atoms with E-state index in [-0.39, 0.29) is 0 Å². The summed E-state index contributed by atoms with van der Waals surface area (Å²) in [6.07, 6.45) is 3.86. The van der Waals surface area contributed by atoms with Gasteiger partial charge in [0.05, 0.1) is 22.1 Å². The zero-order valence-corrected chi connectivity index (χ0v) is 10.7. The lowest BCUT2D eigenvalue weighted by atomic mass is 10.3. The van der Waals surface area contributed by atoms with Gasteiger partial charge < -0.3 is 9.97 Å². The molecule has 0 atom stereocenters. The van der Waals surface area contributed by atoms with Gasteiger partial charge in [-0.2, -0.15) is 0 Å². The number of benzene rings is 2. The van der Waals surface area contributed by atoms with Gasteiger partial charge in [0.25, 0.3) is 0 Å². The highest BCUT2D eigenvalue weighted by molar-refractivity contribution is 5.80. The summed E-state index contributed by atoms with van der Waals surface area (Å²) >= 11 is 0. The summed E-state index contributed by atoms with van der Waals surface area (Å²) in [5, 5.41) is 0. The monoisotopic (exact) mass is 260 g/mol. The molecular formula is C16H12N4. The lowest BCUT2D eigenvalue weighted by Gasteiger charge is -1.84. The molecule has 0 radical (unpaired) electrons. The molecule has 2 N–H and O–H groups in total. The van der Waals surface area contributed by atoms with Crippen molar-refractivity contribution in [3.63, 3.8) is 0 Å². The summed E-state index contributed by atoms with van der Waals surface area (Å²) < 4.78 is 0. The molecule has 0 amide bonds. The Bertz CT molecular complexity index is 772. The third-order valence-corrected chi connectivity index (χ3v) is 3.21. The van der Waals surface area contributed by atoms with Crippen molar-refractivity contribution in [1.82, 2.24) is 19.9 Å². The fourth-order valence-electron chi connectivity index (χ4n) is 2.26. The van der Waals surface area contributed by atoms with Crippen LogP contribution in [0.2, 0.25) is 0 Å². The second-order valence-corrected chi connectivity index (χ2v) is 4.61. The number of rotatable bonds is 2. The lowest BCUT2D eigenvalue weighted by Crippen LogP contribution is -1.76. The third-order valence-electron chi connectivity index (χ3n) is 3.21. The molecule has 0 saturated heterocycles. The van der Waals surface area contributed by atoms with Crippen molar-refractivity contribution in [3.05, 3.63) is 60.2 Å². The standard InChI is InChI=1S/C16H12N4/c1-2-6-12-11(5-1)17-15(18-12)9-10-16-19-13-7-3-4-8-14(13)20-16/h1-10H,(H,17,18)(H,19,20)/b10-9-. The molecule has 2 heterocycles. The molecule has 0 fully saturated rings. The average Bonchev–Trinajstić information content (AvgIpc) is 3.07. The molecular weight excluding hydrogens is 248 g/mol. The molecule has 0 unspecified atom stereocenters. The predicted molar refractivity (Wildman–Crippen MR) is 81.1 cm³/mol. The van der Waals surface area contributed by atoms with Gasteiger partial charge in [-0.05, 0) is 36.4 Å². The van der Waals surface area contributed by atoms with Crippen LogP contribution >= 0.6 is 0 Å². The molecule has 4 aromatic rings. The highest BCUT2D eigenvalue weighted by Crippen LogP contribution is 2.14. The van der Waals surface area contributed by atoms with Crippen molar-refractivity contribution >= 4 is 34.2 Å². The Morgan fingerprint density at radius 2 is 1.10 bits per heavy atom. The molecule has 0 aliphatic carbocycles. The zero-order chi connectivity index (χ0) is 13.4. The smallest absolute Gasteiger partial charge is 0.131 e. The number of nitrogens with one attached hydrogen (secondary N) is 2. The summed E-state index contributed by atoms with van der Waals surface area (Å²) in [5.41, 5.74) is 4.02. The van der Waals surface area contributed by atoms with Crippen LogP contribution in [0.4, 0.5) is 0 Å². The summed E-state index contributed by atoms with van der Waals surface area (Å²) in [4.78, 5) is 15.5. The van der Waals surface area contributed by atoms with Crippen LogP contribution in [0, 0.1) is 0 Å². The molecule has 4 heteroatoms. The van der Waals surface area contributed by atoms with Gasteiger partial charge in [-0.1, -0.05) is 24.3 Å². The Kier molecular flexibility index (Phi) is 2.39. The number of fused-ring (bicyclic) bond motifs is 2. The quantitative estimate of drug-likeness (QED) is 0.578. The Hall–Kier alpha value is -2.88. The maximum Gasteiger partial charge on any atom is 0.131 e. The van der Waals surface area contributed by atoms with E-state index in [2.05, 4.69) is 19.9 Å². The molecule has 0 bridgehead atoms. The van der Waals surface area contributed by atoms with E-state index in [0.717, 1.165) is 33.7 Å². The average molecular weight is 260 g/mol. The van der Waals surface area contributed by atoms with E-state index in [0.29, 0.717) is 0 Å². The van der Waals surface area contributed by atoms with Crippen molar-refractivity contribution in [2.75, 3.05) is 0 Å². The van der Waals surface area contributed by atoms with Crippen molar-refractivity contribution in [2.24, 2.45) is 0 Å². The van der Waals surface area contributed by atoms with Crippen LogP contribution in [0.3, 0.4) is 0 Å². The molecule has 96 valence electrons. The number of para-hydroxylation sites is 4. The van der Waals surface area contributed by atoms with E-state index in [1.54, 1.807) is 0 Å². The Morgan fingerprint density at radius 1 is 0.650 bits per heavy atom. The van der Waals surface area contributed by atoms with E-state index >= 15 is 0 Å². The maximum atomic E-state index is 4.50. The highest BCUT2D eigenvalue weighted by atomic mass is 14.9. The minimum Gasteiger partial charge on any atom is -0.338 e. The maximum absolute atomic E-state index is 4.50. The Balaban J connectivity index is 1.70. The second kappa shape index (κ2) is 4.35. The Labute approximate surface area is 115 Å². The molecule has 4 nitrogen and oxygen atoms in total. The zero-order valence-electron chi connectivity index (χ0n) is 10.7. The molecule has 0 aliphatic heterocycles. The van der Waals surface area contributed by atoms with E-state index in [9.17, 15) is 0 Å². The fourth-order valence-corrected chi connectivity index (χ4v) is 2.26. The van der Waals surface area contributed by atoms with E-state index in [4.69, 9.17) is 0 Å². The summed E-state index contributed by atoms with van der Waals surface area (Å²) in [6.45, 7) is 0. The third kappa shape index (κ3) is 1.87. The van der Waals surface area contributed by atoms with E-state index in [1.807, 2.05) is 60.7 Å². The van der Waals surface area contributed by atoms with Gasteiger partial charge in [-0.25, -0.2) is 9.97 Å². The van der Waals surface area contributed by atoms with Crippen LogP contribution in [0.25, 0.3) is 34.2 Å². The van der Waals surface area contributed by atoms with Crippen LogP contribution < -0.4 is 0 Å². The normalized spacial score (nSPS) is 11.8. The van der Waals surface area contributed by atoms with Crippen LogP contribution in [0.1, 0.15) is 11.6 Å². The van der Waals surface area contributed by atoms with Gasteiger partial charge in [0.2, 0.25) is 0 Å². The van der Waals surface area contributed by atoms with Gasteiger partial charge in [0, 0.05) is 0 Å². The summed E-state index contributed by atoms with van der Waals surface area (Å²) in [5.74, 6) is 1.65. The summed E-state index contributed by atoms with van der Waals surface area (Å²) in [7, 11) is 0.